The first-order valence-electron chi connectivity index (χ1n) is 3.25. The van der Waals surface area contributed by atoms with Crippen molar-refractivity contribution >= 4 is 26.2 Å². The minimum absolute atomic E-state index is 0. The fourth-order valence-electron chi connectivity index (χ4n) is 0.574. The van der Waals surface area contributed by atoms with Gasteiger partial charge in [-0.1, -0.05) is 30.3 Å². The second kappa shape index (κ2) is 11.1. The van der Waals surface area contributed by atoms with Gasteiger partial charge >= 0.3 is 59.1 Å². The minimum Gasteiger partial charge on any atom is -0.748 e. The van der Waals surface area contributed by atoms with Gasteiger partial charge in [-0.15, -0.1) is 0 Å². The molecule has 0 aliphatic rings. The number of hydrogen-bond donors (Lipinski definition) is 1. The Bertz CT molecular complexity index is 384. The average molecular weight is 280 g/mol. The van der Waals surface area contributed by atoms with Gasteiger partial charge in [0.05, 0.1) is 15.0 Å². The largest absolute Gasteiger partial charge is 1.00 e. The molecule has 0 saturated heterocycles. The van der Waals surface area contributed by atoms with E-state index in [0.29, 0.717) is 0 Å². The molecule has 1 atom stereocenters. The van der Waals surface area contributed by atoms with Crippen molar-refractivity contribution in [1.82, 2.24) is 0 Å². The van der Waals surface area contributed by atoms with E-state index in [-0.39, 0.29) is 64.7 Å². The molecule has 0 heterocycles. The van der Waals surface area contributed by atoms with Crippen molar-refractivity contribution in [2.45, 2.75) is 0 Å². The molecule has 0 saturated carbocycles. The molecule has 0 fully saturated rings. The van der Waals surface area contributed by atoms with Crippen LogP contribution in [-0.4, -0.2) is 19.3 Å². The first-order chi connectivity index (χ1) is 6.30. The maximum Gasteiger partial charge on any atom is 1.00 e. The second-order valence-corrected chi connectivity index (χ2v) is 4.20. The number of carboxylic acid groups (broad SMARTS) is 1. The number of carbonyl (C=O) groups excluding carboxylic acids is 1. The summed E-state index contributed by atoms with van der Waals surface area (Å²) in [6.07, 6.45) is 0. The molecule has 0 amide bonds. The third-order valence-electron chi connectivity index (χ3n) is 1.01. The van der Waals surface area contributed by atoms with Crippen LogP contribution in [-0.2, 0) is 20.2 Å². The number of aromatic carboxylic acids is 1. The predicted molar refractivity (Wildman–Crippen MR) is 49.7 cm³/mol. The molecule has 0 bridgehead atoms. The van der Waals surface area contributed by atoms with Crippen molar-refractivity contribution in [2.24, 2.45) is 0 Å². The molecule has 1 rings (SSSR count). The van der Waals surface area contributed by atoms with E-state index in [4.69, 9.17) is 13.3 Å². The summed E-state index contributed by atoms with van der Waals surface area (Å²) < 4.78 is 25.3. The molecule has 0 aliphatic heterocycles. The van der Waals surface area contributed by atoms with Crippen LogP contribution >= 0.6 is 0 Å². The summed E-state index contributed by atoms with van der Waals surface area (Å²) in [7, 11) is -4.08. The van der Waals surface area contributed by atoms with Gasteiger partial charge in [-0.3, -0.25) is 0 Å². The van der Waals surface area contributed by atoms with Crippen LogP contribution in [0, 0.1) is 0 Å². The molecule has 0 radical (unpaired) electrons. The van der Waals surface area contributed by atoms with Crippen LogP contribution in [0.25, 0.3) is 0 Å². The van der Waals surface area contributed by atoms with E-state index in [1.807, 2.05) is 0 Å². The molecule has 1 unspecified atom stereocenters. The van der Waals surface area contributed by atoms with E-state index in [0.717, 1.165) is 0 Å². The molecule has 0 spiro atoms. The monoisotopic (exact) mass is 280 g/mol. The van der Waals surface area contributed by atoms with Crippen LogP contribution in [0.5, 0.6) is 0 Å². The van der Waals surface area contributed by atoms with Gasteiger partial charge in [0, 0.05) is 0 Å². The van der Waals surface area contributed by atoms with Crippen molar-refractivity contribution in [1.29, 1.82) is 0 Å². The van der Waals surface area contributed by atoms with Crippen LogP contribution in [0.2, 0.25) is 0 Å². The van der Waals surface area contributed by atoms with E-state index in [1.54, 1.807) is 18.2 Å². The molecule has 0 aliphatic carbocycles. The number of carboxylic acids is 1. The molecule has 1 aromatic rings. The van der Waals surface area contributed by atoms with Gasteiger partial charge in [0.2, 0.25) is 0 Å². The Morgan fingerprint density at radius 2 is 1.56 bits per heavy atom. The topological polar surface area (TPSA) is 100 Å². The van der Waals surface area contributed by atoms with E-state index < -0.39 is 15.0 Å². The zero-order valence-corrected chi connectivity index (χ0v) is 14.4. The summed E-state index contributed by atoms with van der Waals surface area (Å²) in [5, 5.41) is 10.1. The third kappa shape index (κ3) is 17.4. The Morgan fingerprint density at radius 3 is 1.75 bits per heavy atom. The fraction of sp³-hybridized carbons (Fsp3) is 0. The normalized spacial score (nSPS) is 11.6. The van der Waals surface area contributed by atoms with E-state index in [2.05, 4.69) is 11.2 Å². The maximum atomic E-state index is 10.1. The Labute approximate surface area is 143 Å². The van der Waals surface area contributed by atoms with Crippen molar-refractivity contribution in [3.05, 3.63) is 35.9 Å². The Morgan fingerprint density at radius 1 is 1.25 bits per heavy atom. The van der Waals surface area contributed by atoms with Gasteiger partial charge < -0.3 is 19.0 Å². The quantitative estimate of drug-likeness (QED) is 0.513. The van der Waals surface area contributed by atoms with Gasteiger partial charge in [0.15, 0.2) is 0 Å². The minimum atomic E-state index is -4.08. The van der Waals surface area contributed by atoms with Crippen molar-refractivity contribution < 1.29 is 82.3 Å². The number of rotatable bonds is 1. The second-order valence-electron chi connectivity index (χ2n) is 2.08. The number of carbonyl (C=O) groups is 1. The van der Waals surface area contributed by atoms with Gasteiger partial charge in [-0.25, -0.2) is 4.21 Å². The van der Waals surface area contributed by atoms with E-state index >= 15 is 0 Å². The first-order valence-corrected chi connectivity index (χ1v) is 5.62. The molecule has 9 heteroatoms. The van der Waals surface area contributed by atoms with Crippen molar-refractivity contribution in [3.63, 3.8) is 0 Å². The maximum absolute atomic E-state index is 10.1. The van der Waals surface area contributed by atoms with Crippen LogP contribution < -0.4 is 64.2 Å². The third-order valence-corrected chi connectivity index (χ3v) is 1.01. The van der Waals surface area contributed by atoms with E-state index in [1.165, 1.54) is 12.1 Å². The summed E-state index contributed by atoms with van der Waals surface area (Å²) in [5.41, 5.74) is 0.220. The summed E-state index contributed by atoms with van der Waals surface area (Å²) in [6, 6.07) is 8.06. The van der Waals surface area contributed by atoms with Crippen molar-refractivity contribution in [3.8, 4) is 0 Å². The molecule has 5 nitrogen and oxygen atoms in total. The van der Waals surface area contributed by atoms with Crippen LogP contribution in [0.15, 0.2) is 30.3 Å². The standard InChI is InChI=1S/C7H6O2.2Na.H2O3S2/c8-7(9)6-4-2-1-3-5-6;;;1-5(2,3)4/h1-5H,(H,8,9);;;(H2,1,2,3,4)/q;2*+1;/p-2. The Balaban J connectivity index is -0.000000214. The molecular formula is C7H6Na2O5S2. The molecule has 78 valence electrons. The van der Waals surface area contributed by atoms with Crippen LogP contribution in [0.4, 0.5) is 0 Å². The average Bonchev–Trinajstić information content (AvgIpc) is 2.03. The SMILES string of the molecule is O=C([O-])c1ccccc1.O=S([O-])(O)=S.[Na+].[Na+]. The van der Waals surface area contributed by atoms with E-state index in [9.17, 15) is 9.90 Å². The Hall–Kier alpha value is 0.980. The van der Waals surface area contributed by atoms with Gasteiger partial charge in [0.25, 0.3) is 0 Å². The molecule has 1 N–H and O–H groups in total. The van der Waals surface area contributed by atoms with Gasteiger partial charge in [-0.2, -0.15) is 0 Å². The number of hydrogen-bond acceptors (Lipinski definition) is 5. The summed E-state index contributed by atoms with van der Waals surface area (Å²) in [4.78, 5) is 10.1. The Kier molecular flexibility index (Phi) is 15.4. The smallest absolute Gasteiger partial charge is 0.748 e. The molecule has 16 heavy (non-hydrogen) atoms. The first kappa shape index (κ1) is 22.2. The zero-order chi connectivity index (χ0) is 11.2. The van der Waals surface area contributed by atoms with Crippen molar-refractivity contribution in [2.75, 3.05) is 0 Å². The van der Waals surface area contributed by atoms with Crippen LogP contribution in [0.3, 0.4) is 0 Å². The van der Waals surface area contributed by atoms with Gasteiger partial charge in [-0.05, 0) is 16.8 Å². The summed E-state index contributed by atoms with van der Waals surface area (Å²) in [5.74, 6) is -1.13. The molecule has 0 aromatic heterocycles. The zero-order valence-electron chi connectivity index (χ0n) is 8.78. The van der Waals surface area contributed by atoms with Gasteiger partial charge in [0.1, 0.15) is 0 Å². The molecule has 1 aromatic carbocycles. The fourth-order valence-corrected chi connectivity index (χ4v) is 0.574. The predicted octanol–water partition coefficient (Wildman–Crippen LogP) is -6.61. The molecular weight excluding hydrogens is 274 g/mol. The van der Waals surface area contributed by atoms with Crippen LogP contribution in [0.1, 0.15) is 10.4 Å². The summed E-state index contributed by atoms with van der Waals surface area (Å²) in [6.45, 7) is 0. The number of benzene rings is 1. The summed E-state index contributed by atoms with van der Waals surface area (Å²) >= 11 is 3.35.